The molecule has 0 fully saturated rings. The van der Waals surface area contributed by atoms with Gasteiger partial charge in [0.2, 0.25) is 5.95 Å². The molecule has 0 aliphatic rings. The highest BCUT2D eigenvalue weighted by atomic mass is 32.1. The number of benzene rings is 1. The van der Waals surface area contributed by atoms with Crippen molar-refractivity contribution in [1.82, 2.24) is 15.0 Å². The number of thiazole rings is 1. The third-order valence-electron chi connectivity index (χ3n) is 3.72. The number of hydrogen-bond acceptors (Lipinski definition) is 6. The van der Waals surface area contributed by atoms with Gasteiger partial charge in [0.1, 0.15) is 0 Å². The number of nitrogens with two attached hydrogens (primary N) is 1. The Balaban J connectivity index is 1.85. The standard InChI is InChI=1S/C17H19N5S/c1-3-11(2)14-15(23-16(18)22-14)12-5-7-13(8-6-12)21-17-19-9-4-10-20-17/h4-11H,3H2,1-2H3,(H2,18,22)(H,19,20,21). The maximum absolute atomic E-state index is 5.92. The molecule has 3 aromatic rings. The second kappa shape index (κ2) is 6.75. The van der Waals surface area contributed by atoms with Gasteiger partial charge in [0.05, 0.1) is 10.6 Å². The molecule has 23 heavy (non-hydrogen) atoms. The highest BCUT2D eigenvalue weighted by Crippen LogP contribution is 2.37. The fourth-order valence-electron chi connectivity index (χ4n) is 2.28. The minimum absolute atomic E-state index is 0.397. The molecule has 6 heteroatoms. The summed E-state index contributed by atoms with van der Waals surface area (Å²) in [5.74, 6) is 0.983. The van der Waals surface area contributed by atoms with Crippen LogP contribution in [0, 0.1) is 0 Å². The average Bonchev–Trinajstić information content (AvgIpc) is 2.97. The predicted octanol–water partition coefficient (Wildman–Crippen LogP) is 4.44. The van der Waals surface area contributed by atoms with Crippen LogP contribution >= 0.6 is 11.3 Å². The predicted molar refractivity (Wildman–Crippen MR) is 96.0 cm³/mol. The number of aromatic nitrogens is 3. The van der Waals surface area contributed by atoms with Crippen molar-refractivity contribution in [3.05, 3.63) is 48.4 Å². The van der Waals surface area contributed by atoms with Crippen molar-refractivity contribution in [2.75, 3.05) is 11.1 Å². The van der Waals surface area contributed by atoms with E-state index in [-0.39, 0.29) is 0 Å². The Morgan fingerprint density at radius 2 is 1.87 bits per heavy atom. The van der Waals surface area contributed by atoms with Crippen LogP contribution in [0.5, 0.6) is 0 Å². The summed E-state index contributed by atoms with van der Waals surface area (Å²) in [5.41, 5.74) is 9.09. The minimum Gasteiger partial charge on any atom is -0.375 e. The van der Waals surface area contributed by atoms with E-state index in [0.29, 0.717) is 17.0 Å². The van der Waals surface area contributed by atoms with Gasteiger partial charge < -0.3 is 11.1 Å². The first kappa shape index (κ1) is 15.4. The van der Waals surface area contributed by atoms with E-state index in [1.54, 1.807) is 29.8 Å². The molecule has 1 aromatic carbocycles. The van der Waals surface area contributed by atoms with Crippen LogP contribution in [0.3, 0.4) is 0 Å². The summed E-state index contributed by atoms with van der Waals surface area (Å²) in [7, 11) is 0. The van der Waals surface area contributed by atoms with Gasteiger partial charge in [0, 0.05) is 18.1 Å². The zero-order valence-electron chi connectivity index (χ0n) is 13.2. The largest absolute Gasteiger partial charge is 0.375 e. The van der Waals surface area contributed by atoms with Crippen LogP contribution in [0.25, 0.3) is 10.4 Å². The molecule has 1 atom stereocenters. The van der Waals surface area contributed by atoms with Gasteiger partial charge in [-0.3, -0.25) is 0 Å². The molecule has 5 nitrogen and oxygen atoms in total. The molecule has 0 saturated carbocycles. The van der Waals surface area contributed by atoms with E-state index in [1.807, 2.05) is 12.1 Å². The molecule has 0 bridgehead atoms. The summed E-state index contributed by atoms with van der Waals surface area (Å²) in [4.78, 5) is 14.0. The molecule has 0 spiro atoms. The summed E-state index contributed by atoms with van der Waals surface area (Å²) < 4.78 is 0. The van der Waals surface area contributed by atoms with Crippen LogP contribution in [-0.2, 0) is 0 Å². The lowest BCUT2D eigenvalue weighted by Gasteiger charge is -2.09. The topological polar surface area (TPSA) is 76.7 Å². The number of hydrogen-bond donors (Lipinski definition) is 2. The molecule has 1 unspecified atom stereocenters. The van der Waals surface area contributed by atoms with E-state index in [4.69, 9.17) is 5.73 Å². The van der Waals surface area contributed by atoms with Crippen LogP contribution in [-0.4, -0.2) is 15.0 Å². The average molecular weight is 325 g/mol. The Morgan fingerprint density at radius 1 is 1.17 bits per heavy atom. The monoisotopic (exact) mass is 325 g/mol. The Labute approximate surface area is 139 Å². The van der Waals surface area contributed by atoms with Gasteiger partial charge in [0.25, 0.3) is 0 Å². The summed E-state index contributed by atoms with van der Waals surface area (Å²) in [6.07, 6.45) is 4.46. The molecule has 2 heterocycles. The molecule has 3 rings (SSSR count). The van der Waals surface area contributed by atoms with Crippen molar-refractivity contribution >= 4 is 28.1 Å². The van der Waals surface area contributed by atoms with Crippen molar-refractivity contribution in [2.45, 2.75) is 26.2 Å². The molecule has 2 aromatic heterocycles. The van der Waals surface area contributed by atoms with Gasteiger partial charge in [-0.15, -0.1) is 0 Å². The maximum atomic E-state index is 5.92. The fraction of sp³-hybridized carbons (Fsp3) is 0.235. The normalized spacial score (nSPS) is 12.1. The fourth-order valence-corrected chi connectivity index (χ4v) is 3.24. The Kier molecular flexibility index (Phi) is 4.52. The first-order valence-corrected chi connectivity index (χ1v) is 8.39. The smallest absolute Gasteiger partial charge is 0.227 e. The van der Waals surface area contributed by atoms with Crippen molar-refractivity contribution in [3.63, 3.8) is 0 Å². The lowest BCUT2D eigenvalue weighted by Crippen LogP contribution is -1.96. The van der Waals surface area contributed by atoms with Crippen molar-refractivity contribution in [3.8, 4) is 10.4 Å². The van der Waals surface area contributed by atoms with Gasteiger partial charge in [-0.2, -0.15) is 0 Å². The number of anilines is 3. The quantitative estimate of drug-likeness (QED) is 0.725. The lowest BCUT2D eigenvalue weighted by molar-refractivity contribution is 0.716. The lowest BCUT2D eigenvalue weighted by atomic mass is 10.0. The van der Waals surface area contributed by atoms with E-state index in [1.165, 1.54) is 0 Å². The van der Waals surface area contributed by atoms with E-state index in [0.717, 1.165) is 28.2 Å². The summed E-state index contributed by atoms with van der Waals surface area (Å²) in [6.45, 7) is 4.34. The maximum Gasteiger partial charge on any atom is 0.227 e. The van der Waals surface area contributed by atoms with E-state index in [9.17, 15) is 0 Å². The number of nitrogen functional groups attached to an aromatic ring is 1. The molecule has 0 amide bonds. The zero-order valence-corrected chi connectivity index (χ0v) is 14.0. The van der Waals surface area contributed by atoms with E-state index < -0.39 is 0 Å². The van der Waals surface area contributed by atoms with E-state index in [2.05, 4.69) is 46.2 Å². The number of nitrogens with one attached hydrogen (secondary N) is 1. The van der Waals surface area contributed by atoms with Crippen molar-refractivity contribution in [2.24, 2.45) is 0 Å². The van der Waals surface area contributed by atoms with Crippen molar-refractivity contribution in [1.29, 1.82) is 0 Å². The SMILES string of the molecule is CCC(C)c1nc(N)sc1-c1ccc(Nc2ncccn2)cc1. The van der Waals surface area contributed by atoms with E-state index >= 15 is 0 Å². The van der Waals surface area contributed by atoms with Crippen LogP contribution in [0.2, 0.25) is 0 Å². The Morgan fingerprint density at radius 3 is 2.52 bits per heavy atom. The molecule has 118 valence electrons. The van der Waals surface area contributed by atoms with Gasteiger partial charge >= 0.3 is 0 Å². The van der Waals surface area contributed by atoms with Crippen molar-refractivity contribution < 1.29 is 0 Å². The van der Waals surface area contributed by atoms with Gasteiger partial charge in [-0.05, 0) is 36.1 Å². The second-order valence-corrected chi connectivity index (χ2v) is 6.38. The molecule has 0 radical (unpaired) electrons. The Bertz CT molecular complexity index is 767. The highest BCUT2D eigenvalue weighted by Gasteiger charge is 2.16. The van der Waals surface area contributed by atoms with Gasteiger partial charge in [0.15, 0.2) is 5.13 Å². The zero-order chi connectivity index (χ0) is 16.2. The molecule has 0 aliphatic carbocycles. The summed E-state index contributed by atoms with van der Waals surface area (Å²) in [5, 5.41) is 3.80. The van der Waals surface area contributed by atoms with Crippen LogP contribution < -0.4 is 11.1 Å². The van der Waals surface area contributed by atoms with Crippen LogP contribution in [0.1, 0.15) is 31.9 Å². The Hall–Kier alpha value is -2.47. The first-order valence-electron chi connectivity index (χ1n) is 7.58. The molecule has 3 N–H and O–H groups in total. The molecule has 0 saturated heterocycles. The molecular formula is C17H19N5S. The third kappa shape index (κ3) is 3.48. The molecule has 0 aliphatic heterocycles. The highest BCUT2D eigenvalue weighted by molar-refractivity contribution is 7.18. The number of rotatable bonds is 5. The van der Waals surface area contributed by atoms with Gasteiger partial charge in [-0.25, -0.2) is 15.0 Å². The molecular weight excluding hydrogens is 306 g/mol. The second-order valence-electron chi connectivity index (χ2n) is 5.35. The van der Waals surface area contributed by atoms with Gasteiger partial charge in [-0.1, -0.05) is 37.3 Å². The third-order valence-corrected chi connectivity index (χ3v) is 4.67. The minimum atomic E-state index is 0.397. The number of nitrogens with zero attached hydrogens (tertiary/aromatic N) is 3. The van der Waals surface area contributed by atoms with Crippen LogP contribution in [0.15, 0.2) is 42.7 Å². The van der Waals surface area contributed by atoms with Crippen LogP contribution in [0.4, 0.5) is 16.8 Å². The first-order chi connectivity index (χ1) is 11.2. The summed E-state index contributed by atoms with van der Waals surface area (Å²) >= 11 is 1.54. The summed E-state index contributed by atoms with van der Waals surface area (Å²) in [6, 6.07) is 9.97.